The van der Waals surface area contributed by atoms with E-state index >= 15 is 0 Å². The van der Waals surface area contributed by atoms with Gasteiger partial charge in [-0.3, -0.25) is 4.79 Å². The van der Waals surface area contributed by atoms with Crippen LogP contribution in [0.15, 0.2) is 24.3 Å². The Labute approximate surface area is 121 Å². The van der Waals surface area contributed by atoms with Crippen molar-refractivity contribution in [2.24, 2.45) is 0 Å². The van der Waals surface area contributed by atoms with Crippen LogP contribution < -0.4 is 5.32 Å². The Bertz CT molecular complexity index is 417. The standard InChI is InChI=1S/C16H25FN2O/c1-12(2)18-11-5-6-16(20)19(4)13(3)14-7-9-15(17)10-8-14/h7-10,12-13,18H,5-6,11H2,1-4H3. The number of benzene rings is 1. The topological polar surface area (TPSA) is 32.3 Å². The summed E-state index contributed by atoms with van der Waals surface area (Å²) in [5.41, 5.74) is 0.947. The van der Waals surface area contributed by atoms with Crippen LogP contribution in [0.3, 0.4) is 0 Å². The molecule has 0 fully saturated rings. The second kappa shape index (κ2) is 8.00. The van der Waals surface area contributed by atoms with E-state index in [0.717, 1.165) is 18.5 Å². The molecule has 0 saturated carbocycles. The van der Waals surface area contributed by atoms with E-state index in [0.29, 0.717) is 12.5 Å². The van der Waals surface area contributed by atoms with Gasteiger partial charge in [-0.15, -0.1) is 0 Å². The summed E-state index contributed by atoms with van der Waals surface area (Å²) in [6.07, 6.45) is 1.36. The Balaban J connectivity index is 2.45. The van der Waals surface area contributed by atoms with Crippen LogP contribution in [0.5, 0.6) is 0 Å². The highest BCUT2D eigenvalue weighted by molar-refractivity contribution is 5.76. The number of carbonyl (C=O) groups is 1. The van der Waals surface area contributed by atoms with Gasteiger partial charge in [0.15, 0.2) is 0 Å². The van der Waals surface area contributed by atoms with Crippen molar-refractivity contribution in [3.05, 3.63) is 35.6 Å². The van der Waals surface area contributed by atoms with Crippen molar-refractivity contribution in [2.45, 2.75) is 45.7 Å². The zero-order valence-corrected chi connectivity index (χ0v) is 12.8. The minimum Gasteiger partial charge on any atom is -0.339 e. The van der Waals surface area contributed by atoms with Crippen molar-refractivity contribution in [3.8, 4) is 0 Å². The Kier molecular flexibility index (Phi) is 6.65. The van der Waals surface area contributed by atoms with Crippen LogP contribution in [-0.4, -0.2) is 30.4 Å². The maximum atomic E-state index is 12.9. The van der Waals surface area contributed by atoms with E-state index in [1.165, 1.54) is 12.1 Å². The summed E-state index contributed by atoms with van der Waals surface area (Å²) < 4.78 is 12.9. The molecule has 4 heteroatoms. The van der Waals surface area contributed by atoms with Crippen molar-refractivity contribution in [1.82, 2.24) is 10.2 Å². The Morgan fingerprint density at radius 2 is 1.85 bits per heavy atom. The van der Waals surface area contributed by atoms with Gasteiger partial charge in [0.2, 0.25) is 5.91 Å². The van der Waals surface area contributed by atoms with Gasteiger partial charge in [0, 0.05) is 19.5 Å². The first kappa shape index (κ1) is 16.6. The summed E-state index contributed by atoms with van der Waals surface area (Å²) in [5.74, 6) is -0.137. The first-order chi connectivity index (χ1) is 9.41. The van der Waals surface area contributed by atoms with Crippen molar-refractivity contribution in [3.63, 3.8) is 0 Å². The first-order valence-electron chi connectivity index (χ1n) is 7.16. The lowest BCUT2D eigenvalue weighted by molar-refractivity contribution is -0.131. The van der Waals surface area contributed by atoms with Crippen LogP contribution in [0.25, 0.3) is 0 Å². The molecule has 0 aliphatic heterocycles. The molecule has 0 aromatic heterocycles. The lowest BCUT2D eigenvalue weighted by atomic mass is 10.1. The lowest BCUT2D eigenvalue weighted by Crippen LogP contribution is -2.31. The summed E-state index contributed by atoms with van der Waals surface area (Å²) in [6.45, 7) is 6.98. The predicted molar refractivity (Wildman–Crippen MR) is 80.0 cm³/mol. The van der Waals surface area contributed by atoms with E-state index in [1.807, 2.05) is 6.92 Å². The molecule has 0 aliphatic rings. The molecule has 0 radical (unpaired) electrons. The highest BCUT2D eigenvalue weighted by atomic mass is 19.1. The second-order valence-corrected chi connectivity index (χ2v) is 5.44. The van der Waals surface area contributed by atoms with Crippen molar-refractivity contribution < 1.29 is 9.18 Å². The largest absolute Gasteiger partial charge is 0.339 e. The molecule has 1 N–H and O–H groups in total. The van der Waals surface area contributed by atoms with Gasteiger partial charge in [-0.2, -0.15) is 0 Å². The Morgan fingerprint density at radius 1 is 1.25 bits per heavy atom. The van der Waals surface area contributed by atoms with Crippen molar-refractivity contribution >= 4 is 5.91 Å². The van der Waals surface area contributed by atoms with E-state index < -0.39 is 0 Å². The van der Waals surface area contributed by atoms with E-state index in [1.54, 1.807) is 24.1 Å². The zero-order valence-electron chi connectivity index (χ0n) is 12.8. The number of halogens is 1. The average molecular weight is 280 g/mol. The number of rotatable bonds is 7. The molecule has 3 nitrogen and oxygen atoms in total. The number of hydrogen-bond acceptors (Lipinski definition) is 2. The van der Waals surface area contributed by atoms with Crippen LogP contribution >= 0.6 is 0 Å². The van der Waals surface area contributed by atoms with Gasteiger partial charge in [-0.05, 0) is 37.6 Å². The molecule has 20 heavy (non-hydrogen) atoms. The minimum absolute atomic E-state index is 0.0406. The van der Waals surface area contributed by atoms with Gasteiger partial charge in [-0.1, -0.05) is 26.0 Å². The summed E-state index contributed by atoms with van der Waals surface area (Å²) in [7, 11) is 1.80. The molecule has 0 aliphatic carbocycles. The smallest absolute Gasteiger partial charge is 0.222 e. The van der Waals surface area contributed by atoms with Crippen molar-refractivity contribution in [2.75, 3.05) is 13.6 Å². The third kappa shape index (κ3) is 5.29. The van der Waals surface area contributed by atoms with Crippen LogP contribution in [-0.2, 0) is 4.79 Å². The number of hydrogen-bond donors (Lipinski definition) is 1. The van der Waals surface area contributed by atoms with Gasteiger partial charge in [-0.25, -0.2) is 4.39 Å². The maximum absolute atomic E-state index is 12.9. The molecule has 112 valence electrons. The molecule has 0 saturated heterocycles. The van der Waals surface area contributed by atoms with E-state index in [9.17, 15) is 9.18 Å². The summed E-state index contributed by atoms with van der Waals surface area (Å²) in [5, 5.41) is 3.29. The zero-order chi connectivity index (χ0) is 15.1. The van der Waals surface area contributed by atoms with Crippen molar-refractivity contribution in [1.29, 1.82) is 0 Å². The molecular formula is C16H25FN2O. The fourth-order valence-electron chi connectivity index (χ4n) is 1.99. The third-order valence-corrected chi connectivity index (χ3v) is 3.45. The monoisotopic (exact) mass is 280 g/mol. The average Bonchev–Trinajstić information content (AvgIpc) is 2.42. The number of nitrogens with zero attached hydrogens (tertiary/aromatic N) is 1. The fraction of sp³-hybridized carbons (Fsp3) is 0.562. The molecular weight excluding hydrogens is 255 g/mol. The summed E-state index contributed by atoms with van der Waals surface area (Å²) in [4.78, 5) is 13.8. The lowest BCUT2D eigenvalue weighted by Gasteiger charge is -2.25. The van der Waals surface area contributed by atoms with Gasteiger partial charge in [0.25, 0.3) is 0 Å². The van der Waals surface area contributed by atoms with E-state index in [-0.39, 0.29) is 17.8 Å². The number of nitrogens with one attached hydrogen (secondary N) is 1. The van der Waals surface area contributed by atoms with Crippen LogP contribution in [0.2, 0.25) is 0 Å². The molecule has 0 heterocycles. The molecule has 0 bridgehead atoms. The highest BCUT2D eigenvalue weighted by Gasteiger charge is 2.16. The quantitative estimate of drug-likeness (QED) is 0.778. The maximum Gasteiger partial charge on any atom is 0.222 e. The van der Waals surface area contributed by atoms with Crippen LogP contribution in [0.1, 0.15) is 45.2 Å². The van der Waals surface area contributed by atoms with Crippen LogP contribution in [0.4, 0.5) is 4.39 Å². The molecule has 1 rings (SSSR count). The second-order valence-electron chi connectivity index (χ2n) is 5.44. The molecule has 1 atom stereocenters. The van der Waals surface area contributed by atoms with E-state index in [4.69, 9.17) is 0 Å². The SMILES string of the molecule is CC(C)NCCCC(=O)N(C)C(C)c1ccc(F)cc1. The fourth-order valence-corrected chi connectivity index (χ4v) is 1.99. The molecule has 1 aromatic rings. The summed E-state index contributed by atoms with van der Waals surface area (Å²) in [6, 6.07) is 6.71. The van der Waals surface area contributed by atoms with Gasteiger partial charge < -0.3 is 10.2 Å². The Morgan fingerprint density at radius 3 is 2.40 bits per heavy atom. The number of amides is 1. The minimum atomic E-state index is -0.255. The first-order valence-corrected chi connectivity index (χ1v) is 7.16. The summed E-state index contributed by atoms with van der Waals surface area (Å²) >= 11 is 0. The van der Waals surface area contributed by atoms with Gasteiger partial charge in [0.05, 0.1) is 6.04 Å². The molecule has 1 unspecified atom stereocenters. The van der Waals surface area contributed by atoms with Gasteiger partial charge >= 0.3 is 0 Å². The molecule has 1 aromatic carbocycles. The van der Waals surface area contributed by atoms with Crippen LogP contribution in [0, 0.1) is 5.82 Å². The van der Waals surface area contributed by atoms with Gasteiger partial charge in [0.1, 0.15) is 5.82 Å². The predicted octanol–water partition coefficient (Wildman–Crippen LogP) is 3.12. The normalized spacial score (nSPS) is 12.5. The Hall–Kier alpha value is -1.42. The number of carbonyl (C=O) groups excluding carboxylic acids is 1. The van der Waals surface area contributed by atoms with E-state index in [2.05, 4.69) is 19.2 Å². The molecule has 1 amide bonds. The highest BCUT2D eigenvalue weighted by Crippen LogP contribution is 2.19. The third-order valence-electron chi connectivity index (χ3n) is 3.45. The molecule has 0 spiro atoms.